The van der Waals surface area contributed by atoms with Gasteiger partial charge in [-0.1, -0.05) is 6.92 Å². The molecule has 0 radical (unpaired) electrons. The Morgan fingerprint density at radius 3 is 2.82 bits per heavy atom. The van der Waals surface area contributed by atoms with Crippen molar-refractivity contribution in [1.82, 2.24) is 9.38 Å². The molecule has 0 fully saturated rings. The largest absolute Gasteiger partial charge is 0.300 e. The van der Waals surface area contributed by atoms with Crippen molar-refractivity contribution in [2.45, 2.75) is 20.3 Å². The second kappa shape index (κ2) is 4.49. The van der Waals surface area contributed by atoms with Gasteiger partial charge in [0.15, 0.2) is 0 Å². The number of rotatable bonds is 2. The van der Waals surface area contributed by atoms with Crippen molar-refractivity contribution in [3.8, 4) is 0 Å². The Bertz CT molecular complexity index is 576. The Hall–Kier alpha value is -1.36. The third-order valence-electron chi connectivity index (χ3n) is 2.75. The Morgan fingerprint density at radius 2 is 2.24 bits per heavy atom. The van der Waals surface area contributed by atoms with Crippen molar-refractivity contribution in [1.29, 1.82) is 0 Å². The average molecular weight is 296 g/mol. The third-order valence-corrected chi connectivity index (χ3v) is 3.22. The second-order valence-corrected chi connectivity index (χ2v) is 4.80. The number of aromatic nitrogens is 2. The Balaban J connectivity index is 2.72. The van der Waals surface area contributed by atoms with Crippen molar-refractivity contribution >= 4 is 33.3 Å². The van der Waals surface area contributed by atoms with E-state index in [1.165, 1.54) is 0 Å². The van der Waals surface area contributed by atoms with Gasteiger partial charge in [0.2, 0.25) is 5.91 Å². The maximum atomic E-state index is 11.5. The number of carbonyl (C=O) groups excluding carboxylic acids is 1. The van der Waals surface area contributed by atoms with Crippen LogP contribution in [0.2, 0.25) is 0 Å². The van der Waals surface area contributed by atoms with Crippen LogP contribution in [0.1, 0.15) is 19.5 Å². The van der Waals surface area contributed by atoms with Gasteiger partial charge in [0.05, 0.1) is 5.69 Å². The summed E-state index contributed by atoms with van der Waals surface area (Å²) in [6.45, 7) is 3.59. The van der Waals surface area contributed by atoms with Crippen LogP contribution < -0.4 is 4.90 Å². The standard InChI is InChI=1S/C12H14BrN3O/c1-4-10-12(15(3)8(2)17)16-7-9(13)5-6-11(16)14-10/h5-7H,4H2,1-3H3. The van der Waals surface area contributed by atoms with Gasteiger partial charge in [-0.15, -0.1) is 0 Å². The summed E-state index contributed by atoms with van der Waals surface area (Å²) in [7, 11) is 1.77. The summed E-state index contributed by atoms with van der Waals surface area (Å²) in [5.41, 5.74) is 1.79. The summed E-state index contributed by atoms with van der Waals surface area (Å²) in [4.78, 5) is 17.7. The number of hydrogen-bond acceptors (Lipinski definition) is 2. The quantitative estimate of drug-likeness (QED) is 0.854. The highest BCUT2D eigenvalue weighted by atomic mass is 79.9. The molecule has 0 aliphatic rings. The molecule has 17 heavy (non-hydrogen) atoms. The summed E-state index contributed by atoms with van der Waals surface area (Å²) >= 11 is 3.43. The lowest BCUT2D eigenvalue weighted by molar-refractivity contribution is -0.116. The highest BCUT2D eigenvalue weighted by molar-refractivity contribution is 9.10. The van der Waals surface area contributed by atoms with Gasteiger partial charge in [-0.25, -0.2) is 4.98 Å². The van der Waals surface area contributed by atoms with Crippen LogP contribution in [0.3, 0.4) is 0 Å². The second-order valence-electron chi connectivity index (χ2n) is 3.89. The van der Waals surface area contributed by atoms with E-state index in [1.807, 2.05) is 29.7 Å². The van der Waals surface area contributed by atoms with Crippen LogP contribution >= 0.6 is 15.9 Å². The summed E-state index contributed by atoms with van der Waals surface area (Å²) in [6, 6.07) is 3.88. The molecule has 0 aliphatic heterocycles. The van der Waals surface area contributed by atoms with Crippen molar-refractivity contribution in [3.05, 3.63) is 28.5 Å². The summed E-state index contributed by atoms with van der Waals surface area (Å²) < 4.78 is 2.90. The highest BCUT2D eigenvalue weighted by Crippen LogP contribution is 2.24. The van der Waals surface area contributed by atoms with Crippen LogP contribution in [0.5, 0.6) is 0 Å². The fraction of sp³-hybridized carbons (Fsp3) is 0.333. The molecule has 0 bridgehead atoms. The van der Waals surface area contributed by atoms with E-state index in [2.05, 4.69) is 20.9 Å². The van der Waals surface area contributed by atoms with Crippen LogP contribution in [0.25, 0.3) is 5.65 Å². The molecule has 90 valence electrons. The molecule has 0 aliphatic carbocycles. The van der Waals surface area contributed by atoms with E-state index in [1.54, 1.807) is 18.9 Å². The van der Waals surface area contributed by atoms with E-state index in [4.69, 9.17) is 0 Å². The van der Waals surface area contributed by atoms with Crippen molar-refractivity contribution in [3.63, 3.8) is 0 Å². The smallest absolute Gasteiger partial charge is 0.224 e. The molecule has 0 saturated heterocycles. The monoisotopic (exact) mass is 295 g/mol. The van der Waals surface area contributed by atoms with E-state index < -0.39 is 0 Å². The molecule has 0 spiro atoms. The van der Waals surface area contributed by atoms with Gasteiger partial charge < -0.3 is 0 Å². The lowest BCUT2D eigenvalue weighted by atomic mass is 10.3. The minimum absolute atomic E-state index is 0.00137. The Morgan fingerprint density at radius 1 is 1.53 bits per heavy atom. The van der Waals surface area contributed by atoms with Gasteiger partial charge >= 0.3 is 0 Å². The predicted octanol–water partition coefficient (Wildman–Crippen LogP) is 2.64. The lowest BCUT2D eigenvalue weighted by Crippen LogP contribution is -2.25. The molecule has 5 heteroatoms. The van der Waals surface area contributed by atoms with Crippen LogP contribution in [0.4, 0.5) is 5.82 Å². The Kier molecular flexibility index (Phi) is 3.19. The first kappa shape index (κ1) is 12.1. The zero-order valence-corrected chi connectivity index (χ0v) is 11.7. The third kappa shape index (κ3) is 2.07. The molecule has 0 atom stereocenters. The highest BCUT2D eigenvalue weighted by Gasteiger charge is 2.17. The molecule has 0 aromatic carbocycles. The first-order chi connectivity index (χ1) is 8.04. The normalized spacial score (nSPS) is 10.8. The number of hydrogen-bond donors (Lipinski definition) is 0. The van der Waals surface area contributed by atoms with E-state index in [9.17, 15) is 4.79 Å². The predicted molar refractivity (Wildman–Crippen MR) is 71.4 cm³/mol. The number of halogens is 1. The fourth-order valence-corrected chi connectivity index (χ4v) is 2.13. The molecule has 0 unspecified atom stereocenters. The van der Waals surface area contributed by atoms with Crippen molar-refractivity contribution in [2.24, 2.45) is 0 Å². The number of anilines is 1. The molecule has 0 saturated carbocycles. The maximum Gasteiger partial charge on any atom is 0.224 e. The molecule has 2 rings (SSSR count). The average Bonchev–Trinajstić information content (AvgIpc) is 2.65. The van der Waals surface area contributed by atoms with Gasteiger partial charge in [-0.05, 0) is 34.5 Å². The first-order valence-electron chi connectivity index (χ1n) is 5.45. The molecule has 1 amide bonds. The molecular formula is C12H14BrN3O. The Labute approximate surface area is 108 Å². The van der Waals surface area contributed by atoms with Crippen molar-refractivity contribution in [2.75, 3.05) is 11.9 Å². The molecule has 0 N–H and O–H groups in total. The summed E-state index contributed by atoms with van der Waals surface area (Å²) in [5.74, 6) is 0.845. The van der Waals surface area contributed by atoms with E-state index in [0.717, 1.165) is 28.1 Å². The van der Waals surface area contributed by atoms with E-state index in [0.29, 0.717) is 0 Å². The van der Waals surface area contributed by atoms with Crippen LogP contribution in [-0.4, -0.2) is 22.3 Å². The van der Waals surface area contributed by atoms with E-state index in [-0.39, 0.29) is 5.91 Å². The lowest BCUT2D eigenvalue weighted by Gasteiger charge is -2.15. The number of nitrogens with zero attached hydrogens (tertiary/aromatic N) is 3. The molecule has 2 heterocycles. The summed E-state index contributed by atoms with van der Waals surface area (Å²) in [5, 5.41) is 0. The van der Waals surface area contributed by atoms with Gasteiger partial charge in [0.25, 0.3) is 0 Å². The van der Waals surface area contributed by atoms with Crippen LogP contribution in [0.15, 0.2) is 22.8 Å². The summed E-state index contributed by atoms with van der Waals surface area (Å²) in [6.07, 6.45) is 2.72. The molecule has 2 aromatic rings. The minimum atomic E-state index is 0.00137. The van der Waals surface area contributed by atoms with Gasteiger partial charge in [-0.3, -0.25) is 14.1 Å². The number of imidazole rings is 1. The number of amides is 1. The zero-order valence-electron chi connectivity index (χ0n) is 10.1. The van der Waals surface area contributed by atoms with Gasteiger partial charge in [-0.2, -0.15) is 0 Å². The van der Waals surface area contributed by atoms with Crippen molar-refractivity contribution < 1.29 is 4.79 Å². The number of fused-ring (bicyclic) bond motifs is 1. The van der Waals surface area contributed by atoms with Crippen LogP contribution in [-0.2, 0) is 11.2 Å². The van der Waals surface area contributed by atoms with Crippen LogP contribution in [0, 0.1) is 0 Å². The SMILES string of the molecule is CCc1nc2ccc(Br)cn2c1N(C)C(C)=O. The number of aryl methyl sites for hydroxylation is 1. The fourth-order valence-electron chi connectivity index (χ4n) is 1.80. The molecule has 2 aromatic heterocycles. The maximum absolute atomic E-state index is 11.5. The topological polar surface area (TPSA) is 37.6 Å². The number of carbonyl (C=O) groups is 1. The number of pyridine rings is 1. The zero-order chi connectivity index (χ0) is 12.6. The van der Waals surface area contributed by atoms with E-state index >= 15 is 0 Å². The first-order valence-corrected chi connectivity index (χ1v) is 6.24. The van der Waals surface area contributed by atoms with Gasteiger partial charge in [0.1, 0.15) is 11.5 Å². The molecular weight excluding hydrogens is 282 g/mol. The minimum Gasteiger partial charge on any atom is -0.300 e. The van der Waals surface area contributed by atoms with Gasteiger partial charge in [0, 0.05) is 24.6 Å². The molecule has 4 nitrogen and oxygen atoms in total.